The Kier molecular flexibility index (Phi) is 6.83. The van der Waals surface area contributed by atoms with Gasteiger partial charge in [-0.15, -0.1) is 0 Å². The van der Waals surface area contributed by atoms with Crippen LogP contribution in [0, 0.1) is 0 Å². The summed E-state index contributed by atoms with van der Waals surface area (Å²) in [6.45, 7) is 1.47. The molecule has 0 aromatic heterocycles. The van der Waals surface area contributed by atoms with Crippen molar-refractivity contribution in [1.82, 2.24) is 10.2 Å². The summed E-state index contributed by atoms with van der Waals surface area (Å²) in [5.41, 5.74) is 1.07. The molecule has 0 saturated carbocycles. The highest BCUT2D eigenvalue weighted by Gasteiger charge is 2.08. The van der Waals surface area contributed by atoms with Gasteiger partial charge < -0.3 is 20.1 Å². The number of carboxylic acid groups (broad SMARTS) is 1. The third-order valence-corrected chi connectivity index (χ3v) is 3.64. The monoisotopic (exact) mass is 342 g/mol. The van der Waals surface area contributed by atoms with Crippen LogP contribution >= 0.6 is 0 Å². The van der Waals surface area contributed by atoms with Crippen LogP contribution in [0.15, 0.2) is 54.6 Å². The number of aromatic carboxylic acids is 1. The van der Waals surface area contributed by atoms with Gasteiger partial charge in [0.2, 0.25) is 0 Å². The lowest BCUT2D eigenvalue weighted by Gasteiger charge is -2.18. The first kappa shape index (κ1) is 18.3. The second-order valence-electron chi connectivity index (χ2n) is 5.60. The Morgan fingerprint density at radius 2 is 1.76 bits per heavy atom. The molecule has 0 heterocycles. The van der Waals surface area contributed by atoms with E-state index in [2.05, 4.69) is 5.32 Å². The van der Waals surface area contributed by atoms with Gasteiger partial charge in [0.15, 0.2) is 0 Å². The van der Waals surface area contributed by atoms with E-state index >= 15 is 0 Å². The SMILES string of the molecule is CN(CCCOc1ccccc1)C(=O)NCc1ccc(C(=O)O)cc1. The number of nitrogens with one attached hydrogen (secondary N) is 1. The number of para-hydroxylation sites is 1. The Labute approximate surface area is 147 Å². The predicted octanol–water partition coefficient (Wildman–Crippen LogP) is 3.00. The van der Waals surface area contributed by atoms with Crippen LogP contribution in [0.1, 0.15) is 22.3 Å². The standard InChI is InChI=1S/C19H22N2O4/c1-21(12-5-13-25-17-6-3-2-4-7-17)19(24)20-14-15-8-10-16(11-9-15)18(22)23/h2-4,6-11H,5,12-14H2,1H3,(H,20,24)(H,22,23). The lowest BCUT2D eigenvalue weighted by molar-refractivity contribution is 0.0697. The van der Waals surface area contributed by atoms with E-state index in [1.165, 1.54) is 12.1 Å². The molecule has 0 fully saturated rings. The molecule has 0 atom stereocenters. The number of rotatable bonds is 8. The lowest BCUT2D eigenvalue weighted by atomic mass is 10.1. The van der Waals surface area contributed by atoms with Crippen LogP contribution in [-0.4, -0.2) is 42.2 Å². The molecule has 2 rings (SSSR count). The molecule has 2 amide bonds. The molecule has 0 radical (unpaired) electrons. The van der Waals surface area contributed by atoms with Crippen molar-refractivity contribution in [2.75, 3.05) is 20.2 Å². The summed E-state index contributed by atoms with van der Waals surface area (Å²) in [5, 5.41) is 11.7. The number of carboxylic acids is 1. The first-order valence-electron chi connectivity index (χ1n) is 8.05. The molecular weight excluding hydrogens is 320 g/mol. The van der Waals surface area contributed by atoms with Gasteiger partial charge in [-0.2, -0.15) is 0 Å². The maximum absolute atomic E-state index is 12.0. The minimum absolute atomic E-state index is 0.179. The van der Waals surface area contributed by atoms with E-state index in [1.807, 2.05) is 30.3 Å². The molecule has 0 bridgehead atoms. The predicted molar refractivity (Wildman–Crippen MR) is 94.8 cm³/mol. The fourth-order valence-corrected chi connectivity index (χ4v) is 2.19. The summed E-state index contributed by atoms with van der Waals surface area (Å²) in [6, 6.07) is 15.8. The van der Waals surface area contributed by atoms with Crippen molar-refractivity contribution in [3.8, 4) is 5.75 Å². The first-order valence-corrected chi connectivity index (χ1v) is 8.05. The average molecular weight is 342 g/mol. The molecule has 2 N–H and O–H groups in total. The zero-order valence-corrected chi connectivity index (χ0v) is 14.1. The fourth-order valence-electron chi connectivity index (χ4n) is 2.19. The van der Waals surface area contributed by atoms with Crippen LogP contribution in [-0.2, 0) is 6.54 Å². The second-order valence-corrected chi connectivity index (χ2v) is 5.60. The molecule has 0 aliphatic heterocycles. The van der Waals surface area contributed by atoms with Crippen molar-refractivity contribution in [2.45, 2.75) is 13.0 Å². The van der Waals surface area contributed by atoms with Crippen molar-refractivity contribution < 1.29 is 19.4 Å². The molecule has 0 unspecified atom stereocenters. The zero-order chi connectivity index (χ0) is 18.1. The van der Waals surface area contributed by atoms with Crippen LogP contribution in [0.4, 0.5) is 4.79 Å². The summed E-state index contributed by atoms with van der Waals surface area (Å²) in [6.07, 6.45) is 0.728. The highest BCUT2D eigenvalue weighted by molar-refractivity contribution is 5.87. The number of urea groups is 1. The molecule has 0 spiro atoms. The zero-order valence-electron chi connectivity index (χ0n) is 14.1. The number of benzene rings is 2. The van der Waals surface area contributed by atoms with Crippen LogP contribution in [0.5, 0.6) is 5.75 Å². The van der Waals surface area contributed by atoms with Crippen molar-refractivity contribution in [1.29, 1.82) is 0 Å². The van der Waals surface area contributed by atoms with Crippen LogP contribution in [0.25, 0.3) is 0 Å². The molecule has 2 aromatic carbocycles. The smallest absolute Gasteiger partial charge is 0.335 e. The van der Waals surface area contributed by atoms with E-state index in [9.17, 15) is 9.59 Å². The van der Waals surface area contributed by atoms with Crippen LogP contribution in [0.2, 0.25) is 0 Å². The van der Waals surface area contributed by atoms with Crippen molar-refractivity contribution in [3.05, 3.63) is 65.7 Å². The highest BCUT2D eigenvalue weighted by Crippen LogP contribution is 2.08. The van der Waals surface area contributed by atoms with Gasteiger partial charge >= 0.3 is 12.0 Å². The third-order valence-electron chi connectivity index (χ3n) is 3.64. The van der Waals surface area contributed by atoms with E-state index in [1.54, 1.807) is 24.1 Å². The minimum atomic E-state index is -0.965. The van der Waals surface area contributed by atoms with E-state index in [0.717, 1.165) is 17.7 Å². The Hall–Kier alpha value is -3.02. The molecule has 0 aliphatic rings. The molecular formula is C19H22N2O4. The van der Waals surface area contributed by atoms with Crippen molar-refractivity contribution >= 4 is 12.0 Å². The Morgan fingerprint density at radius 3 is 2.40 bits per heavy atom. The number of hydrogen-bond acceptors (Lipinski definition) is 3. The largest absolute Gasteiger partial charge is 0.494 e. The van der Waals surface area contributed by atoms with Crippen LogP contribution < -0.4 is 10.1 Å². The van der Waals surface area contributed by atoms with Gasteiger partial charge in [0.05, 0.1) is 12.2 Å². The molecule has 2 aromatic rings. The van der Waals surface area contributed by atoms with Gasteiger partial charge in [-0.3, -0.25) is 0 Å². The van der Waals surface area contributed by atoms with Gasteiger partial charge in [-0.25, -0.2) is 9.59 Å². The number of ether oxygens (including phenoxy) is 1. The van der Waals surface area contributed by atoms with Gasteiger partial charge in [-0.05, 0) is 36.2 Å². The molecule has 0 aliphatic carbocycles. The maximum atomic E-state index is 12.0. The highest BCUT2D eigenvalue weighted by atomic mass is 16.5. The topological polar surface area (TPSA) is 78.9 Å². The van der Waals surface area contributed by atoms with E-state index in [-0.39, 0.29) is 11.6 Å². The summed E-state index contributed by atoms with van der Waals surface area (Å²) >= 11 is 0. The Bertz CT molecular complexity index is 686. The third kappa shape index (κ3) is 6.18. The average Bonchev–Trinajstić information content (AvgIpc) is 2.64. The van der Waals surface area contributed by atoms with Gasteiger partial charge in [0, 0.05) is 20.1 Å². The summed E-state index contributed by atoms with van der Waals surface area (Å²) < 4.78 is 5.59. The molecule has 132 valence electrons. The summed E-state index contributed by atoms with van der Waals surface area (Å²) in [4.78, 5) is 24.4. The number of carbonyl (C=O) groups is 2. The first-order chi connectivity index (χ1) is 12.1. The van der Waals surface area contributed by atoms with E-state index < -0.39 is 5.97 Å². The summed E-state index contributed by atoms with van der Waals surface area (Å²) in [7, 11) is 1.73. The summed E-state index contributed by atoms with van der Waals surface area (Å²) in [5.74, 6) is -0.146. The Balaban J connectivity index is 1.66. The fraction of sp³-hybridized carbons (Fsp3) is 0.263. The Morgan fingerprint density at radius 1 is 1.08 bits per heavy atom. The maximum Gasteiger partial charge on any atom is 0.335 e. The second kappa shape index (κ2) is 9.32. The van der Waals surface area contributed by atoms with Crippen molar-refractivity contribution in [2.24, 2.45) is 0 Å². The van der Waals surface area contributed by atoms with Gasteiger partial charge in [-0.1, -0.05) is 30.3 Å². The van der Waals surface area contributed by atoms with E-state index in [4.69, 9.17) is 9.84 Å². The molecule has 6 nitrogen and oxygen atoms in total. The number of carbonyl (C=O) groups excluding carboxylic acids is 1. The number of hydrogen-bond donors (Lipinski definition) is 2. The molecule has 25 heavy (non-hydrogen) atoms. The van der Waals surface area contributed by atoms with Crippen molar-refractivity contribution in [3.63, 3.8) is 0 Å². The number of amides is 2. The van der Waals surface area contributed by atoms with Gasteiger partial charge in [0.25, 0.3) is 0 Å². The molecule has 0 saturated heterocycles. The molecule has 6 heteroatoms. The van der Waals surface area contributed by atoms with Gasteiger partial charge in [0.1, 0.15) is 5.75 Å². The minimum Gasteiger partial charge on any atom is -0.494 e. The number of nitrogens with zero attached hydrogens (tertiary/aromatic N) is 1. The lowest BCUT2D eigenvalue weighted by Crippen LogP contribution is -2.37. The quantitative estimate of drug-likeness (QED) is 0.723. The van der Waals surface area contributed by atoms with Crippen LogP contribution in [0.3, 0.4) is 0 Å². The van der Waals surface area contributed by atoms with E-state index in [0.29, 0.717) is 19.7 Å². The normalized spacial score (nSPS) is 10.1.